The molecule has 0 bridgehead atoms. The molecule has 0 spiro atoms. The minimum Gasteiger partial charge on any atom is -0.453 e. The van der Waals surface area contributed by atoms with Crippen molar-refractivity contribution in [3.8, 4) is 11.5 Å². The highest BCUT2D eigenvalue weighted by atomic mass is 16.5. The number of hydrogen-bond donors (Lipinski definition) is 0. The Hall–Kier alpha value is -2.95. The van der Waals surface area contributed by atoms with E-state index in [-0.39, 0.29) is 11.4 Å². The van der Waals surface area contributed by atoms with Crippen molar-refractivity contribution in [1.82, 2.24) is 4.98 Å². The van der Waals surface area contributed by atoms with Crippen LogP contribution in [0.2, 0.25) is 0 Å². The van der Waals surface area contributed by atoms with Crippen molar-refractivity contribution < 1.29 is 13.9 Å². The molecule has 0 amide bonds. The fourth-order valence-corrected chi connectivity index (χ4v) is 2.50. The van der Waals surface area contributed by atoms with Crippen LogP contribution >= 0.6 is 0 Å². The smallest absolute Gasteiger partial charge is 0.334 e. The van der Waals surface area contributed by atoms with E-state index >= 15 is 0 Å². The predicted octanol–water partition coefficient (Wildman–Crippen LogP) is 2.84. The zero-order valence-corrected chi connectivity index (χ0v) is 11.7. The first-order chi connectivity index (χ1) is 10.6. The summed E-state index contributed by atoms with van der Waals surface area (Å²) in [6.07, 6.45) is 1.36. The highest BCUT2D eigenvalue weighted by Gasteiger charge is 2.24. The number of cyclic esters (lactones) is 1. The third kappa shape index (κ3) is 1.98. The fourth-order valence-electron chi connectivity index (χ4n) is 2.50. The van der Waals surface area contributed by atoms with Gasteiger partial charge in [-0.2, -0.15) is 0 Å². The third-order valence-electron chi connectivity index (χ3n) is 3.66. The molecule has 5 nitrogen and oxygen atoms in total. The highest BCUT2D eigenvalue weighted by Crippen LogP contribution is 2.31. The van der Waals surface area contributed by atoms with Gasteiger partial charge in [-0.25, -0.2) is 9.78 Å². The molecule has 1 atom stereocenters. The van der Waals surface area contributed by atoms with Crippen molar-refractivity contribution in [2.24, 2.45) is 0 Å². The van der Waals surface area contributed by atoms with Gasteiger partial charge in [0.25, 0.3) is 0 Å². The van der Waals surface area contributed by atoms with E-state index < -0.39 is 6.10 Å². The van der Waals surface area contributed by atoms with Gasteiger partial charge in [0.1, 0.15) is 17.3 Å². The first-order valence-electron chi connectivity index (χ1n) is 6.84. The summed E-state index contributed by atoms with van der Waals surface area (Å²) in [5, 5.41) is 0. The van der Waals surface area contributed by atoms with Crippen LogP contribution in [-0.4, -0.2) is 11.0 Å². The SMILES string of the molecule is CC1=CC(c2ccc3nc4ccc(=O)cc-4oc3c2)OC1=O. The van der Waals surface area contributed by atoms with E-state index in [9.17, 15) is 9.59 Å². The van der Waals surface area contributed by atoms with Gasteiger partial charge in [-0.15, -0.1) is 0 Å². The molecule has 108 valence electrons. The minimum absolute atomic E-state index is 0.128. The first kappa shape index (κ1) is 12.8. The van der Waals surface area contributed by atoms with Crippen LogP contribution < -0.4 is 5.43 Å². The van der Waals surface area contributed by atoms with Crippen LogP contribution in [0.1, 0.15) is 18.6 Å². The molecule has 1 aromatic carbocycles. The predicted molar refractivity (Wildman–Crippen MR) is 79.5 cm³/mol. The number of nitrogens with zero attached hydrogens (tertiary/aromatic N) is 1. The van der Waals surface area contributed by atoms with E-state index in [1.165, 1.54) is 12.1 Å². The molecule has 0 N–H and O–H groups in total. The summed E-state index contributed by atoms with van der Waals surface area (Å²) in [5.74, 6) is 0.127. The molecule has 5 heteroatoms. The van der Waals surface area contributed by atoms with Crippen LogP contribution in [0.15, 0.2) is 57.3 Å². The Balaban J connectivity index is 1.87. The summed E-state index contributed by atoms with van der Waals surface area (Å²) in [7, 11) is 0. The van der Waals surface area contributed by atoms with Crippen molar-refractivity contribution in [3.63, 3.8) is 0 Å². The zero-order valence-electron chi connectivity index (χ0n) is 11.7. The van der Waals surface area contributed by atoms with Crippen LogP contribution in [0, 0.1) is 0 Å². The molecule has 22 heavy (non-hydrogen) atoms. The average Bonchev–Trinajstić information content (AvgIpc) is 2.84. The quantitative estimate of drug-likeness (QED) is 0.509. The van der Waals surface area contributed by atoms with Crippen LogP contribution in [0.3, 0.4) is 0 Å². The van der Waals surface area contributed by atoms with Gasteiger partial charge in [0, 0.05) is 17.2 Å². The van der Waals surface area contributed by atoms with E-state index in [0.29, 0.717) is 28.1 Å². The van der Waals surface area contributed by atoms with Crippen LogP contribution in [-0.2, 0) is 9.53 Å². The second-order valence-electron chi connectivity index (χ2n) is 5.25. The van der Waals surface area contributed by atoms with E-state index in [0.717, 1.165) is 5.56 Å². The largest absolute Gasteiger partial charge is 0.453 e. The molecule has 0 saturated heterocycles. The lowest BCUT2D eigenvalue weighted by atomic mass is 10.1. The van der Waals surface area contributed by atoms with Crippen LogP contribution in [0.5, 0.6) is 0 Å². The van der Waals surface area contributed by atoms with Gasteiger partial charge < -0.3 is 9.15 Å². The van der Waals surface area contributed by atoms with Gasteiger partial charge in [-0.05, 0) is 37.3 Å². The number of fused-ring (bicyclic) bond motifs is 2. The molecule has 0 radical (unpaired) electrons. The summed E-state index contributed by atoms with van der Waals surface area (Å²) in [4.78, 5) is 27.3. The van der Waals surface area contributed by atoms with Gasteiger partial charge in [-0.3, -0.25) is 4.79 Å². The van der Waals surface area contributed by atoms with Crippen molar-refractivity contribution in [3.05, 3.63) is 63.8 Å². The lowest BCUT2D eigenvalue weighted by Crippen LogP contribution is -2.02. The van der Waals surface area contributed by atoms with Gasteiger partial charge >= 0.3 is 5.97 Å². The molecule has 0 aromatic heterocycles. The summed E-state index contributed by atoms with van der Waals surface area (Å²) >= 11 is 0. The van der Waals surface area contributed by atoms with E-state index in [1.807, 2.05) is 12.1 Å². The maximum atomic E-state index is 11.5. The Kier molecular flexibility index (Phi) is 2.63. The molecule has 1 aromatic rings. The number of benzene rings is 2. The normalized spacial score (nSPS) is 17.8. The topological polar surface area (TPSA) is 69.4 Å². The molecular formula is C17H11NO4. The zero-order chi connectivity index (χ0) is 15.3. The van der Waals surface area contributed by atoms with Gasteiger partial charge in [-0.1, -0.05) is 6.07 Å². The molecule has 3 aliphatic rings. The first-order valence-corrected chi connectivity index (χ1v) is 6.84. The summed E-state index contributed by atoms with van der Waals surface area (Å²) in [6.45, 7) is 1.72. The van der Waals surface area contributed by atoms with Gasteiger partial charge in [0.05, 0.1) is 0 Å². The number of ether oxygens (including phenoxy) is 1. The highest BCUT2D eigenvalue weighted by molar-refractivity contribution is 5.90. The third-order valence-corrected chi connectivity index (χ3v) is 3.66. The molecule has 1 unspecified atom stereocenters. The van der Waals surface area contributed by atoms with Crippen molar-refractivity contribution in [1.29, 1.82) is 0 Å². The molecule has 0 saturated carbocycles. The molecule has 2 heterocycles. The Morgan fingerprint density at radius 1 is 1.09 bits per heavy atom. The standard InChI is InChI=1S/C17H11NO4/c1-9-6-14(22-17(9)20)10-2-4-12-15(7-10)21-16-8-11(19)3-5-13(16)18-12/h2-8,14H,1H3. The Morgan fingerprint density at radius 3 is 2.73 bits per heavy atom. The number of esters is 1. The molecule has 2 aliphatic heterocycles. The maximum Gasteiger partial charge on any atom is 0.334 e. The number of aromatic nitrogens is 1. The number of rotatable bonds is 1. The van der Waals surface area contributed by atoms with E-state index in [4.69, 9.17) is 9.15 Å². The van der Waals surface area contributed by atoms with Crippen molar-refractivity contribution in [2.45, 2.75) is 13.0 Å². The lowest BCUT2D eigenvalue weighted by molar-refractivity contribution is -0.139. The van der Waals surface area contributed by atoms with Gasteiger partial charge in [0.15, 0.2) is 16.8 Å². The van der Waals surface area contributed by atoms with Crippen LogP contribution in [0.4, 0.5) is 0 Å². The Bertz CT molecular complexity index is 970. The van der Waals surface area contributed by atoms with Gasteiger partial charge in [0.2, 0.25) is 0 Å². The summed E-state index contributed by atoms with van der Waals surface area (Å²) in [6, 6.07) is 9.95. The number of carbonyl (C=O) groups is 1. The summed E-state index contributed by atoms with van der Waals surface area (Å²) in [5.41, 5.74) is 3.12. The fraction of sp³-hybridized carbons (Fsp3) is 0.118. The number of carbonyl (C=O) groups excluding carboxylic acids is 1. The van der Waals surface area contributed by atoms with Crippen LogP contribution in [0.25, 0.3) is 22.6 Å². The average molecular weight is 293 g/mol. The Morgan fingerprint density at radius 2 is 1.95 bits per heavy atom. The molecule has 1 aliphatic carbocycles. The number of hydrogen-bond acceptors (Lipinski definition) is 5. The van der Waals surface area contributed by atoms with E-state index in [2.05, 4.69) is 4.98 Å². The second-order valence-corrected chi connectivity index (χ2v) is 5.25. The molecular weight excluding hydrogens is 282 g/mol. The second kappa shape index (κ2) is 4.53. The summed E-state index contributed by atoms with van der Waals surface area (Å²) < 4.78 is 11.0. The van der Waals surface area contributed by atoms with Crippen molar-refractivity contribution >= 4 is 17.1 Å². The monoisotopic (exact) mass is 293 g/mol. The van der Waals surface area contributed by atoms with Crippen molar-refractivity contribution in [2.75, 3.05) is 0 Å². The lowest BCUT2D eigenvalue weighted by Gasteiger charge is -2.10. The maximum absolute atomic E-state index is 11.5. The minimum atomic E-state index is -0.409. The molecule has 0 fully saturated rings. The Labute approximate surface area is 125 Å². The van der Waals surface area contributed by atoms with E-state index in [1.54, 1.807) is 25.1 Å². The molecule has 4 rings (SSSR count).